The summed E-state index contributed by atoms with van der Waals surface area (Å²) in [5, 5.41) is 13.7. The van der Waals surface area contributed by atoms with Gasteiger partial charge in [0.1, 0.15) is 17.6 Å². The molecule has 0 aliphatic carbocycles. The van der Waals surface area contributed by atoms with Gasteiger partial charge in [-0.2, -0.15) is 0 Å². The van der Waals surface area contributed by atoms with Crippen molar-refractivity contribution in [1.82, 2.24) is 20.1 Å². The number of benzene rings is 3. The number of aromatic nitrogens is 3. The van der Waals surface area contributed by atoms with Gasteiger partial charge < -0.3 is 10.1 Å². The van der Waals surface area contributed by atoms with E-state index in [9.17, 15) is 4.79 Å². The number of hydrogen-bond donors (Lipinski definition) is 1. The number of nitrogens with one attached hydrogen (secondary N) is 1. The van der Waals surface area contributed by atoms with Crippen molar-refractivity contribution in [2.75, 3.05) is 13.7 Å². The molecule has 5 aromatic rings. The summed E-state index contributed by atoms with van der Waals surface area (Å²) in [5.41, 5.74) is 3.37. The average molecular weight is 635 g/mol. The second-order valence-electron chi connectivity index (χ2n) is 9.52. The van der Waals surface area contributed by atoms with Gasteiger partial charge >= 0.3 is 0 Å². The number of rotatable bonds is 7. The molecule has 1 N–H and O–H groups in total. The molecule has 0 spiro atoms. The first kappa shape index (κ1) is 26.7. The van der Waals surface area contributed by atoms with Crippen LogP contribution in [0.5, 0.6) is 5.75 Å². The molecule has 1 aliphatic rings. The number of methoxy groups -OCH3 is 1. The number of aryl methyl sites for hydroxylation is 1. The standard InChI is InChI=1S/C30H25BrClN5O2S/c1-17-35-36-30-25(16-28(38)33-12-11-23-13-19-3-6-20(31)14-27(19)40-23)34-29(18-4-7-21(32)8-5-18)24-15-22(39-2)9-10-26(24)37(17)30/h3-10,13-15,25H,11-12,16H2,1-2H3,(H,33,38)/t25-/m0/s1. The van der Waals surface area contributed by atoms with Gasteiger partial charge in [-0.15, -0.1) is 21.5 Å². The summed E-state index contributed by atoms with van der Waals surface area (Å²) in [4.78, 5) is 19.6. The summed E-state index contributed by atoms with van der Waals surface area (Å²) in [6.07, 6.45) is 0.896. The molecular weight excluding hydrogens is 610 g/mol. The Morgan fingerprint density at radius 3 is 2.73 bits per heavy atom. The van der Waals surface area contributed by atoms with Gasteiger partial charge in [0, 0.05) is 36.7 Å². The maximum Gasteiger partial charge on any atom is 0.222 e. The van der Waals surface area contributed by atoms with Gasteiger partial charge in [0.25, 0.3) is 0 Å². The first-order valence-corrected chi connectivity index (χ1v) is 14.8. The Balaban J connectivity index is 1.29. The molecule has 40 heavy (non-hydrogen) atoms. The normalized spacial score (nSPS) is 14.3. The summed E-state index contributed by atoms with van der Waals surface area (Å²) in [5.74, 6) is 1.95. The van der Waals surface area contributed by atoms with Crippen molar-refractivity contribution in [2.45, 2.75) is 25.8 Å². The van der Waals surface area contributed by atoms with E-state index >= 15 is 0 Å². The van der Waals surface area contributed by atoms with E-state index in [4.69, 9.17) is 21.3 Å². The van der Waals surface area contributed by atoms with Gasteiger partial charge in [-0.1, -0.05) is 45.7 Å². The van der Waals surface area contributed by atoms with Crippen LogP contribution in [0.1, 0.15) is 40.1 Å². The molecule has 10 heteroatoms. The largest absolute Gasteiger partial charge is 0.497 e. The minimum atomic E-state index is -0.535. The number of carbonyl (C=O) groups excluding carboxylic acids is 1. The minimum absolute atomic E-state index is 0.0937. The maximum absolute atomic E-state index is 13.2. The summed E-state index contributed by atoms with van der Waals surface area (Å²) in [6.45, 7) is 2.44. The van der Waals surface area contributed by atoms with Crippen LogP contribution >= 0.6 is 38.9 Å². The lowest BCUT2D eigenvalue weighted by Crippen LogP contribution is -2.27. The van der Waals surface area contributed by atoms with Crippen LogP contribution in [0.4, 0.5) is 0 Å². The Morgan fingerprint density at radius 1 is 1.10 bits per heavy atom. The van der Waals surface area contributed by atoms with E-state index in [1.807, 2.05) is 60.0 Å². The summed E-state index contributed by atoms with van der Waals surface area (Å²) in [6, 6.07) is 21.3. The molecule has 0 radical (unpaired) electrons. The molecule has 0 bridgehead atoms. The maximum atomic E-state index is 13.2. The number of amides is 1. The number of thiophene rings is 1. The van der Waals surface area contributed by atoms with E-state index in [1.54, 1.807) is 18.4 Å². The molecule has 202 valence electrons. The number of carbonyl (C=O) groups is 1. The van der Waals surface area contributed by atoms with E-state index in [0.29, 0.717) is 23.1 Å². The van der Waals surface area contributed by atoms with Crippen LogP contribution in [0.3, 0.4) is 0 Å². The molecule has 0 fully saturated rings. The number of aliphatic imine (C=N–C) groups is 1. The number of hydrogen-bond acceptors (Lipinski definition) is 6. The molecule has 6 rings (SSSR count). The van der Waals surface area contributed by atoms with E-state index < -0.39 is 6.04 Å². The summed E-state index contributed by atoms with van der Waals surface area (Å²) < 4.78 is 9.81. The molecule has 7 nitrogen and oxygen atoms in total. The Bertz CT molecular complexity index is 1760. The monoisotopic (exact) mass is 633 g/mol. The quantitative estimate of drug-likeness (QED) is 0.212. The molecular formula is C30H25BrClN5O2S. The van der Waals surface area contributed by atoms with Crippen molar-refractivity contribution >= 4 is 60.6 Å². The highest BCUT2D eigenvalue weighted by Gasteiger charge is 2.30. The van der Waals surface area contributed by atoms with Crippen molar-refractivity contribution in [3.05, 3.63) is 104 Å². The summed E-state index contributed by atoms with van der Waals surface area (Å²) >= 11 is 11.5. The van der Waals surface area contributed by atoms with Crippen LogP contribution < -0.4 is 10.1 Å². The third-order valence-electron chi connectivity index (χ3n) is 6.86. The molecule has 1 atom stereocenters. The average Bonchev–Trinajstić information content (AvgIpc) is 3.50. The fraction of sp³-hybridized carbons (Fsp3) is 0.200. The van der Waals surface area contributed by atoms with Gasteiger partial charge in [0.05, 0.1) is 24.9 Å². The van der Waals surface area contributed by atoms with Crippen LogP contribution in [-0.2, 0) is 11.2 Å². The Hall–Kier alpha value is -3.53. The predicted molar refractivity (Wildman–Crippen MR) is 163 cm³/mol. The Kier molecular flexibility index (Phi) is 7.44. The van der Waals surface area contributed by atoms with Gasteiger partial charge in [0.15, 0.2) is 5.82 Å². The van der Waals surface area contributed by atoms with Gasteiger partial charge in [-0.25, -0.2) is 0 Å². The molecule has 0 saturated heterocycles. The van der Waals surface area contributed by atoms with Gasteiger partial charge in [-0.3, -0.25) is 14.4 Å². The zero-order valence-corrected chi connectivity index (χ0v) is 25.0. The second kappa shape index (κ2) is 11.2. The van der Waals surface area contributed by atoms with Crippen LogP contribution in [0, 0.1) is 6.92 Å². The first-order chi connectivity index (χ1) is 19.4. The smallest absolute Gasteiger partial charge is 0.222 e. The van der Waals surface area contributed by atoms with E-state index in [2.05, 4.69) is 49.6 Å². The lowest BCUT2D eigenvalue weighted by atomic mass is 10.00. The number of ether oxygens (including phenoxy) is 1. The molecule has 2 aromatic heterocycles. The number of fused-ring (bicyclic) bond motifs is 4. The predicted octanol–water partition coefficient (Wildman–Crippen LogP) is 6.86. The molecule has 3 heterocycles. The highest BCUT2D eigenvalue weighted by molar-refractivity contribution is 9.10. The van der Waals surface area contributed by atoms with Gasteiger partial charge in [0.2, 0.25) is 5.91 Å². The van der Waals surface area contributed by atoms with Crippen LogP contribution in [0.25, 0.3) is 15.8 Å². The van der Waals surface area contributed by atoms with E-state index in [1.165, 1.54) is 15.0 Å². The number of halogens is 2. The fourth-order valence-electron chi connectivity index (χ4n) is 4.93. The highest BCUT2D eigenvalue weighted by Crippen LogP contribution is 2.34. The minimum Gasteiger partial charge on any atom is -0.497 e. The van der Waals surface area contributed by atoms with Crippen molar-refractivity contribution in [3.8, 4) is 11.4 Å². The van der Waals surface area contributed by atoms with Crippen LogP contribution in [0.15, 0.2) is 76.2 Å². The Labute approximate surface area is 249 Å². The lowest BCUT2D eigenvalue weighted by Gasteiger charge is -2.14. The molecule has 0 saturated carbocycles. The van der Waals surface area contributed by atoms with Crippen molar-refractivity contribution in [3.63, 3.8) is 0 Å². The van der Waals surface area contributed by atoms with Crippen molar-refractivity contribution < 1.29 is 9.53 Å². The zero-order valence-electron chi connectivity index (χ0n) is 21.8. The van der Waals surface area contributed by atoms with Crippen molar-refractivity contribution in [2.24, 2.45) is 4.99 Å². The first-order valence-electron chi connectivity index (χ1n) is 12.8. The van der Waals surface area contributed by atoms with E-state index in [-0.39, 0.29) is 12.3 Å². The van der Waals surface area contributed by atoms with Crippen LogP contribution in [0.2, 0.25) is 5.02 Å². The molecule has 1 aliphatic heterocycles. The molecule has 3 aromatic carbocycles. The third kappa shape index (κ3) is 5.29. The Morgan fingerprint density at radius 2 is 1.93 bits per heavy atom. The zero-order chi connectivity index (χ0) is 27.8. The highest BCUT2D eigenvalue weighted by atomic mass is 79.9. The summed E-state index contributed by atoms with van der Waals surface area (Å²) in [7, 11) is 1.64. The third-order valence-corrected chi connectivity index (χ3v) is 8.76. The fourth-order valence-corrected chi connectivity index (χ4v) is 6.67. The van der Waals surface area contributed by atoms with E-state index in [0.717, 1.165) is 39.2 Å². The SMILES string of the molecule is COc1ccc2c(c1)C(c1ccc(Cl)cc1)=N[C@@H](CC(=O)NCCc1cc3ccc(Br)cc3s1)c1nnc(C)n1-2. The molecule has 1 amide bonds. The van der Waals surface area contributed by atoms with Crippen LogP contribution in [-0.4, -0.2) is 40.0 Å². The molecule has 0 unspecified atom stereocenters. The lowest BCUT2D eigenvalue weighted by molar-refractivity contribution is -0.121. The topological polar surface area (TPSA) is 81.4 Å². The van der Waals surface area contributed by atoms with Gasteiger partial charge in [-0.05, 0) is 67.3 Å². The second-order valence-corrected chi connectivity index (χ2v) is 12.0. The number of nitrogens with zero attached hydrogens (tertiary/aromatic N) is 4. The van der Waals surface area contributed by atoms with Crippen molar-refractivity contribution in [1.29, 1.82) is 0 Å².